The fourth-order valence-electron chi connectivity index (χ4n) is 3.10. The number of hydrogen-bond donors (Lipinski definition) is 2. The number of nitrogens with one attached hydrogen (secondary N) is 2. The average molecular weight is 320 g/mol. The zero-order chi connectivity index (χ0) is 16.4. The Bertz CT molecular complexity index is 696. The molecule has 0 saturated carbocycles. The van der Waals surface area contributed by atoms with Crippen LogP contribution in [0.4, 0.5) is 8.78 Å². The summed E-state index contributed by atoms with van der Waals surface area (Å²) in [5, 5.41) is 9.47. The number of benzene rings is 1. The van der Waals surface area contributed by atoms with Crippen molar-refractivity contribution in [3.05, 3.63) is 52.9 Å². The van der Waals surface area contributed by atoms with Gasteiger partial charge in [-0.2, -0.15) is 5.10 Å². The van der Waals surface area contributed by atoms with Gasteiger partial charge in [0.05, 0.1) is 17.5 Å². The summed E-state index contributed by atoms with van der Waals surface area (Å²) in [5.74, 6) is -1.14. The third-order valence-electron chi connectivity index (χ3n) is 4.15. The number of hydrogen-bond acceptors (Lipinski definition) is 3. The van der Waals surface area contributed by atoms with Crippen LogP contribution in [0.15, 0.2) is 24.4 Å². The van der Waals surface area contributed by atoms with Crippen LogP contribution in [-0.4, -0.2) is 41.1 Å². The molecule has 1 aromatic heterocycles. The SMILES string of the molecule is CNC(=O)c1cn[nH]c1C1CCN(Cc2cc(F)cc(F)c2)C1. The molecule has 1 aliphatic rings. The molecule has 5 nitrogen and oxygen atoms in total. The summed E-state index contributed by atoms with van der Waals surface area (Å²) in [7, 11) is 1.58. The van der Waals surface area contributed by atoms with Crippen LogP contribution in [0.1, 0.15) is 34.0 Å². The van der Waals surface area contributed by atoms with E-state index in [2.05, 4.69) is 20.4 Å². The molecule has 2 N–H and O–H groups in total. The Morgan fingerprint density at radius 2 is 2.13 bits per heavy atom. The largest absolute Gasteiger partial charge is 0.355 e. The minimum absolute atomic E-state index is 0.156. The number of halogens is 2. The molecule has 122 valence electrons. The zero-order valence-electron chi connectivity index (χ0n) is 12.8. The van der Waals surface area contributed by atoms with E-state index in [1.54, 1.807) is 7.05 Å². The van der Waals surface area contributed by atoms with Gasteiger partial charge >= 0.3 is 0 Å². The predicted octanol–water partition coefficient (Wildman–Crippen LogP) is 2.04. The Kier molecular flexibility index (Phi) is 4.38. The maximum absolute atomic E-state index is 13.3. The monoisotopic (exact) mass is 320 g/mol. The molecule has 1 aromatic carbocycles. The Hall–Kier alpha value is -2.28. The lowest BCUT2D eigenvalue weighted by Crippen LogP contribution is -2.22. The van der Waals surface area contributed by atoms with Gasteiger partial charge in [0.2, 0.25) is 0 Å². The minimum atomic E-state index is -0.564. The number of aromatic nitrogens is 2. The number of aromatic amines is 1. The Balaban J connectivity index is 1.69. The smallest absolute Gasteiger partial charge is 0.254 e. The molecule has 0 spiro atoms. The van der Waals surface area contributed by atoms with Gasteiger partial charge in [0.25, 0.3) is 5.91 Å². The van der Waals surface area contributed by atoms with Gasteiger partial charge in [0.1, 0.15) is 11.6 Å². The summed E-state index contributed by atoms with van der Waals surface area (Å²) in [5.41, 5.74) is 1.98. The highest BCUT2D eigenvalue weighted by Crippen LogP contribution is 2.29. The second kappa shape index (κ2) is 6.45. The van der Waals surface area contributed by atoms with Crippen LogP contribution in [0.25, 0.3) is 0 Å². The number of carbonyl (C=O) groups excluding carboxylic acids is 1. The summed E-state index contributed by atoms with van der Waals surface area (Å²) >= 11 is 0. The summed E-state index contributed by atoms with van der Waals surface area (Å²) in [6.45, 7) is 1.99. The van der Waals surface area contributed by atoms with Crippen LogP contribution in [0.2, 0.25) is 0 Å². The molecular formula is C16H18F2N4O. The van der Waals surface area contributed by atoms with Gasteiger partial charge in [-0.25, -0.2) is 8.78 Å². The molecule has 1 fully saturated rings. The summed E-state index contributed by atoms with van der Waals surface area (Å²) in [4.78, 5) is 13.9. The van der Waals surface area contributed by atoms with Gasteiger partial charge in [0.15, 0.2) is 0 Å². The van der Waals surface area contributed by atoms with E-state index >= 15 is 0 Å². The fraction of sp³-hybridized carbons (Fsp3) is 0.375. The highest BCUT2D eigenvalue weighted by atomic mass is 19.1. The number of likely N-dealkylation sites (tertiary alicyclic amines) is 1. The molecular weight excluding hydrogens is 302 g/mol. The van der Waals surface area contributed by atoms with E-state index in [1.165, 1.54) is 18.3 Å². The molecule has 0 bridgehead atoms. The molecule has 2 heterocycles. The summed E-state index contributed by atoms with van der Waals surface area (Å²) in [6.07, 6.45) is 2.39. The van der Waals surface area contributed by atoms with Crippen molar-refractivity contribution < 1.29 is 13.6 Å². The molecule has 1 atom stereocenters. The Morgan fingerprint density at radius 1 is 1.39 bits per heavy atom. The number of nitrogens with zero attached hydrogens (tertiary/aromatic N) is 2. The van der Waals surface area contributed by atoms with Crippen molar-refractivity contribution in [1.29, 1.82) is 0 Å². The Morgan fingerprint density at radius 3 is 2.83 bits per heavy atom. The summed E-state index contributed by atoms with van der Waals surface area (Å²) < 4.78 is 26.5. The van der Waals surface area contributed by atoms with Crippen molar-refractivity contribution in [2.24, 2.45) is 0 Å². The maximum atomic E-state index is 13.3. The molecule has 23 heavy (non-hydrogen) atoms. The van der Waals surface area contributed by atoms with Gasteiger partial charge < -0.3 is 5.32 Å². The number of H-pyrrole nitrogens is 1. The quantitative estimate of drug-likeness (QED) is 0.906. The molecule has 2 aromatic rings. The van der Waals surface area contributed by atoms with Crippen molar-refractivity contribution in [1.82, 2.24) is 20.4 Å². The number of rotatable bonds is 4. The van der Waals surface area contributed by atoms with Crippen molar-refractivity contribution in [3.8, 4) is 0 Å². The third-order valence-corrected chi connectivity index (χ3v) is 4.15. The minimum Gasteiger partial charge on any atom is -0.355 e. The standard InChI is InChI=1S/C16H18F2N4O/c1-19-16(23)14-7-20-21-15(14)11-2-3-22(9-11)8-10-4-12(17)6-13(18)5-10/h4-7,11H,2-3,8-9H2,1H3,(H,19,23)(H,20,21). The lowest BCUT2D eigenvalue weighted by Gasteiger charge is -2.16. The molecule has 3 rings (SSSR count). The van der Waals surface area contributed by atoms with Crippen molar-refractivity contribution in [2.45, 2.75) is 18.9 Å². The van der Waals surface area contributed by atoms with E-state index in [-0.39, 0.29) is 11.8 Å². The second-order valence-corrected chi connectivity index (χ2v) is 5.77. The van der Waals surface area contributed by atoms with Crippen LogP contribution >= 0.6 is 0 Å². The van der Waals surface area contributed by atoms with Crippen LogP contribution < -0.4 is 5.32 Å². The van der Waals surface area contributed by atoms with Gasteiger partial charge in [-0.3, -0.25) is 14.8 Å². The van der Waals surface area contributed by atoms with E-state index in [1.807, 2.05) is 0 Å². The molecule has 1 saturated heterocycles. The van der Waals surface area contributed by atoms with Crippen molar-refractivity contribution in [3.63, 3.8) is 0 Å². The first-order valence-electron chi connectivity index (χ1n) is 7.49. The maximum Gasteiger partial charge on any atom is 0.254 e. The molecule has 7 heteroatoms. The van der Waals surface area contributed by atoms with E-state index < -0.39 is 11.6 Å². The van der Waals surface area contributed by atoms with Gasteiger partial charge in [-0.1, -0.05) is 0 Å². The van der Waals surface area contributed by atoms with Crippen LogP contribution in [0.3, 0.4) is 0 Å². The molecule has 1 aliphatic heterocycles. The number of carbonyl (C=O) groups is 1. The van der Waals surface area contributed by atoms with E-state index in [4.69, 9.17) is 0 Å². The first kappa shape index (κ1) is 15.6. The first-order chi connectivity index (χ1) is 11.1. The normalized spacial score (nSPS) is 18.3. The fourth-order valence-corrected chi connectivity index (χ4v) is 3.10. The van der Waals surface area contributed by atoms with Gasteiger partial charge in [0, 0.05) is 32.1 Å². The second-order valence-electron chi connectivity index (χ2n) is 5.77. The van der Waals surface area contributed by atoms with Crippen LogP contribution in [0, 0.1) is 11.6 Å². The van der Waals surface area contributed by atoms with Gasteiger partial charge in [-0.05, 0) is 30.7 Å². The van der Waals surface area contributed by atoms with E-state index in [0.29, 0.717) is 24.2 Å². The molecule has 0 aliphatic carbocycles. The first-order valence-corrected chi connectivity index (χ1v) is 7.49. The lowest BCUT2D eigenvalue weighted by molar-refractivity contribution is 0.0961. The third kappa shape index (κ3) is 3.39. The summed E-state index contributed by atoms with van der Waals surface area (Å²) in [6, 6.07) is 3.57. The Labute approximate surface area is 132 Å². The lowest BCUT2D eigenvalue weighted by atomic mass is 10.0. The predicted molar refractivity (Wildman–Crippen MR) is 81.0 cm³/mol. The van der Waals surface area contributed by atoms with Gasteiger partial charge in [-0.15, -0.1) is 0 Å². The molecule has 1 unspecified atom stereocenters. The van der Waals surface area contributed by atoms with Crippen LogP contribution in [-0.2, 0) is 6.54 Å². The van der Waals surface area contributed by atoms with E-state index in [9.17, 15) is 13.6 Å². The topological polar surface area (TPSA) is 61.0 Å². The highest BCUT2D eigenvalue weighted by molar-refractivity contribution is 5.95. The average Bonchev–Trinajstić information content (AvgIpc) is 3.13. The van der Waals surface area contributed by atoms with Crippen LogP contribution in [0.5, 0.6) is 0 Å². The number of amides is 1. The van der Waals surface area contributed by atoms with Crippen molar-refractivity contribution in [2.75, 3.05) is 20.1 Å². The molecule has 1 amide bonds. The molecule has 0 radical (unpaired) electrons. The zero-order valence-corrected chi connectivity index (χ0v) is 12.8. The van der Waals surface area contributed by atoms with E-state index in [0.717, 1.165) is 24.7 Å². The van der Waals surface area contributed by atoms with Crippen molar-refractivity contribution >= 4 is 5.91 Å². The highest BCUT2D eigenvalue weighted by Gasteiger charge is 2.28.